The first-order valence-electron chi connectivity index (χ1n) is 6.08. The lowest BCUT2D eigenvalue weighted by atomic mass is 10.1. The van der Waals surface area contributed by atoms with E-state index in [9.17, 15) is 0 Å². The van der Waals surface area contributed by atoms with Crippen LogP contribution in [0.4, 0.5) is 0 Å². The number of hydrogen-bond acceptors (Lipinski definition) is 4. The van der Waals surface area contributed by atoms with Gasteiger partial charge in [0.2, 0.25) is 0 Å². The van der Waals surface area contributed by atoms with Crippen LogP contribution in [0.2, 0.25) is 5.02 Å². The fraction of sp³-hybridized carbons (Fsp3) is 0.357. The Kier molecular flexibility index (Phi) is 4.12. The van der Waals surface area contributed by atoms with E-state index in [1.165, 1.54) is 0 Å². The first-order chi connectivity index (χ1) is 8.99. The van der Waals surface area contributed by atoms with E-state index in [0.717, 1.165) is 22.6 Å². The van der Waals surface area contributed by atoms with Crippen molar-refractivity contribution in [2.75, 3.05) is 0 Å². The SMILES string of the molecule is Cc1noc(C)c1COc1ccc([C@H](C)N)cc1Cl. The van der Waals surface area contributed by atoms with E-state index in [4.69, 9.17) is 26.6 Å². The highest BCUT2D eigenvalue weighted by Gasteiger charge is 2.11. The maximum atomic E-state index is 6.17. The molecule has 2 aromatic rings. The lowest BCUT2D eigenvalue weighted by Crippen LogP contribution is -2.05. The van der Waals surface area contributed by atoms with E-state index in [1.807, 2.05) is 39.0 Å². The van der Waals surface area contributed by atoms with Gasteiger partial charge in [0.1, 0.15) is 18.1 Å². The molecule has 0 aliphatic heterocycles. The van der Waals surface area contributed by atoms with Gasteiger partial charge in [-0.2, -0.15) is 0 Å². The Balaban J connectivity index is 2.12. The summed E-state index contributed by atoms with van der Waals surface area (Å²) in [6.45, 7) is 6.05. The molecule has 2 rings (SSSR count). The minimum atomic E-state index is -0.0471. The van der Waals surface area contributed by atoms with Crippen LogP contribution in [-0.2, 0) is 6.61 Å². The Morgan fingerprint density at radius 2 is 2.16 bits per heavy atom. The van der Waals surface area contributed by atoms with Gasteiger partial charge in [0, 0.05) is 6.04 Å². The van der Waals surface area contributed by atoms with Crippen LogP contribution in [0, 0.1) is 13.8 Å². The van der Waals surface area contributed by atoms with E-state index in [2.05, 4.69) is 5.16 Å². The van der Waals surface area contributed by atoms with Crippen molar-refractivity contribution >= 4 is 11.6 Å². The van der Waals surface area contributed by atoms with Crippen molar-refractivity contribution in [3.63, 3.8) is 0 Å². The highest BCUT2D eigenvalue weighted by molar-refractivity contribution is 6.32. The number of nitrogens with zero attached hydrogens (tertiary/aromatic N) is 1. The Morgan fingerprint density at radius 1 is 1.42 bits per heavy atom. The zero-order valence-electron chi connectivity index (χ0n) is 11.2. The Bertz CT molecular complexity index is 559. The molecule has 4 nitrogen and oxygen atoms in total. The van der Waals surface area contributed by atoms with Gasteiger partial charge in [0.05, 0.1) is 16.3 Å². The number of benzene rings is 1. The van der Waals surface area contributed by atoms with Crippen LogP contribution in [0.15, 0.2) is 22.7 Å². The second kappa shape index (κ2) is 5.63. The molecular formula is C14H17ClN2O2. The van der Waals surface area contributed by atoms with E-state index in [1.54, 1.807) is 0 Å². The smallest absolute Gasteiger partial charge is 0.140 e. The molecule has 0 unspecified atom stereocenters. The molecule has 0 aliphatic rings. The van der Waals surface area contributed by atoms with Crippen molar-refractivity contribution < 1.29 is 9.26 Å². The lowest BCUT2D eigenvalue weighted by Gasteiger charge is -2.11. The van der Waals surface area contributed by atoms with E-state index >= 15 is 0 Å². The Labute approximate surface area is 117 Å². The van der Waals surface area contributed by atoms with Gasteiger partial charge in [0.15, 0.2) is 0 Å². The minimum absolute atomic E-state index is 0.0471. The van der Waals surface area contributed by atoms with Gasteiger partial charge in [-0.3, -0.25) is 0 Å². The molecule has 0 radical (unpaired) electrons. The van der Waals surface area contributed by atoms with Crippen molar-refractivity contribution in [2.24, 2.45) is 5.73 Å². The lowest BCUT2D eigenvalue weighted by molar-refractivity contribution is 0.302. The summed E-state index contributed by atoms with van der Waals surface area (Å²) in [5, 5.41) is 4.44. The summed E-state index contributed by atoms with van der Waals surface area (Å²) in [5.74, 6) is 1.40. The highest BCUT2D eigenvalue weighted by Crippen LogP contribution is 2.28. The number of aromatic nitrogens is 1. The van der Waals surface area contributed by atoms with Crippen molar-refractivity contribution in [2.45, 2.75) is 33.4 Å². The molecule has 0 fully saturated rings. The van der Waals surface area contributed by atoms with E-state index < -0.39 is 0 Å². The molecule has 1 atom stereocenters. The number of aryl methyl sites for hydroxylation is 2. The van der Waals surface area contributed by atoms with Crippen LogP contribution in [-0.4, -0.2) is 5.16 Å². The van der Waals surface area contributed by atoms with Gasteiger partial charge in [-0.1, -0.05) is 22.8 Å². The van der Waals surface area contributed by atoms with Crippen molar-refractivity contribution in [1.82, 2.24) is 5.16 Å². The summed E-state index contributed by atoms with van der Waals surface area (Å²) in [4.78, 5) is 0. The van der Waals surface area contributed by atoms with Gasteiger partial charge in [0.25, 0.3) is 0 Å². The Morgan fingerprint density at radius 3 is 2.68 bits per heavy atom. The maximum absolute atomic E-state index is 6.17. The van der Waals surface area contributed by atoms with Gasteiger partial charge < -0.3 is 15.0 Å². The molecule has 0 bridgehead atoms. The molecule has 0 saturated carbocycles. The molecule has 0 amide bonds. The third-order valence-corrected chi connectivity index (χ3v) is 3.33. The predicted octanol–water partition coefficient (Wildman–Crippen LogP) is 3.54. The molecule has 0 aliphatic carbocycles. The summed E-state index contributed by atoms with van der Waals surface area (Å²) in [6, 6.07) is 5.53. The topological polar surface area (TPSA) is 61.3 Å². The van der Waals surface area contributed by atoms with Gasteiger partial charge in [-0.25, -0.2) is 0 Å². The van der Waals surface area contributed by atoms with Crippen LogP contribution >= 0.6 is 11.6 Å². The molecular weight excluding hydrogens is 264 g/mol. The average molecular weight is 281 g/mol. The standard InChI is InChI=1S/C14H17ClN2O2/c1-8(16)11-4-5-14(13(15)6-11)18-7-12-9(2)17-19-10(12)3/h4-6,8H,7,16H2,1-3H3/t8-/m0/s1. The first-order valence-corrected chi connectivity index (χ1v) is 6.46. The van der Waals surface area contributed by atoms with Crippen molar-refractivity contribution in [1.29, 1.82) is 0 Å². The van der Waals surface area contributed by atoms with Crippen LogP contribution in [0.25, 0.3) is 0 Å². The molecule has 5 heteroatoms. The third kappa shape index (κ3) is 3.08. The Hall–Kier alpha value is -1.52. The van der Waals surface area contributed by atoms with E-state index in [-0.39, 0.29) is 6.04 Å². The molecule has 1 aromatic carbocycles. The highest BCUT2D eigenvalue weighted by atomic mass is 35.5. The number of nitrogens with two attached hydrogens (primary N) is 1. The fourth-order valence-electron chi connectivity index (χ4n) is 1.78. The number of ether oxygens (including phenoxy) is 1. The molecule has 1 aromatic heterocycles. The summed E-state index contributed by atoms with van der Waals surface area (Å²) in [6.07, 6.45) is 0. The molecule has 0 saturated heterocycles. The largest absolute Gasteiger partial charge is 0.487 e. The number of hydrogen-bond donors (Lipinski definition) is 1. The van der Waals surface area contributed by atoms with Gasteiger partial charge >= 0.3 is 0 Å². The minimum Gasteiger partial charge on any atom is -0.487 e. The first kappa shape index (κ1) is 13.9. The molecule has 0 spiro atoms. The molecule has 1 heterocycles. The normalized spacial score (nSPS) is 12.5. The summed E-state index contributed by atoms with van der Waals surface area (Å²) in [5.41, 5.74) is 8.57. The number of halogens is 1. The van der Waals surface area contributed by atoms with Crippen LogP contribution in [0.5, 0.6) is 5.75 Å². The summed E-state index contributed by atoms with van der Waals surface area (Å²) in [7, 11) is 0. The van der Waals surface area contributed by atoms with Gasteiger partial charge in [-0.15, -0.1) is 0 Å². The second-order valence-electron chi connectivity index (χ2n) is 4.57. The fourth-order valence-corrected chi connectivity index (χ4v) is 2.02. The van der Waals surface area contributed by atoms with Gasteiger partial charge in [-0.05, 0) is 38.5 Å². The molecule has 2 N–H and O–H groups in total. The van der Waals surface area contributed by atoms with Crippen molar-refractivity contribution in [3.8, 4) is 5.75 Å². The van der Waals surface area contributed by atoms with Crippen LogP contribution in [0.1, 0.15) is 35.5 Å². The van der Waals surface area contributed by atoms with E-state index in [0.29, 0.717) is 17.4 Å². The molecule has 102 valence electrons. The monoisotopic (exact) mass is 280 g/mol. The third-order valence-electron chi connectivity index (χ3n) is 3.03. The zero-order chi connectivity index (χ0) is 14.0. The average Bonchev–Trinajstić information content (AvgIpc) is 2.68. The van der Waals surface area contributed by atoms with Crippen LogP contribution < -0.4 is 10.5 Å². The van der Waals surface area contributed by atoms with Crippen LogP contribution in [0.3, 0.4) is 0 Å². The maximum Gasteiger partial charge on any atom is 0.140 e. The quantitative estimate of drug-likeness (QED) is 0.930. The molecule has 19 heavy (non-hydrogen) atoms. The second-order valence-corrected chi connectivity index (χ2v) is 4.98. The summed E-state index contributed by atoms with van der Waals surface area (Å²) < 4.78 is 10.8. The summed E-state index contributed by atoms with van der Waals surface area (Å²) >= 11 is 6.17. The van der Waals surface area contributed by atoms with Crippen molar-refractivity contribution in [3.05, 3.63) is 45.8 Å². The number of rotatable bonds is 4. The predicted molar refractivity (Wildman–Crippen MR) is 74.4 cm³/mol. The zero-order valence-corrected chi connectivity index (χ0v) is 12.0.